The molecule has 1 aliphatic heterocycles. The van der Waals surface area contributed by atoms with E-state index in [2.05, 4.69) is 15.2 Å². The first-order valence-electron chi connectivity index (χ1n) is 10.4. The molecule has 2 N–H and O–H groups in total. The van der Waals surface area contributed by atoms with E-state index in [1.165, 1.54) is 0 Å². The van der Waals surface area contributed by atoms with Crippen LogP contribution in [0.15, 0.2) is 36.7 Å². The number of carbonyl (C=O) groups excluding carboxylic acids is 1. The van der Waals surface area contributed by atoms with Crippen molar-refractivity contribution in [3.8, 4) is 5.75 Å². The van der Waals surface area contributed by atoms with Gasteiger partial charge in [0.15, 0.2) is 0 Å². The van der Waals surface area contributed by atoms with Gasteiger partial charge in [0.2, 0.25) is 5.91 Å². The number of aliphatic hydroxyl groups is 1. The monoisotopic (exact) mass is 383 g/mol. The Labute approximate surface area is 165 Å². The molecule has 1 aromatic carbocycles. The summed E-state index contributed by atoms with van der Waals surface area (Å²) in [6.45, 7) is 2.04. The Morgan fingerprint density at radius 3 is 2.71 bits per heavy atom. The van der Waals surface area contributed by atoms with Crippen molar-refractivity contribution in [2.75, 3.05) is 19.6 Å². The molecule has 0 spiro atoms. The van der Waals surface area contributed by atoms with Crippen LogP contribution in [0.4, 0.5) is 0 Å². The van der Waals surface area contributed by atoms with Gasteiger partial charge in [-0.1, -0.05) is 12.1 Å². The summed E-state index contributed by atoms with van der Waals surface area (Å²) >= 11 is 0. The predicted octanol–water partition coefficient (Wildman–Crippen LogP) is 2.50. The third-order valence-electron chi connectivity index (χ3n) is 5.90. The lowest BCUT2D eigenvalue weighted by molar-refractivity contribution is -0.123. The number of aliphatic hydroxyl groups excluding tert-OH is 1. The van der Waals surface area contributed by atoms with Crippen LogP contribution in [-0.2, 0) is 4.79 Å². The van der Waals surface area contributed by atoms with Crippen LogP contribution in [0, 0.1) is 0 Å². The van der Waals surface area contributed by atoms with Crippen molar-refractivity contribution in [2.45, 2.75) is 56.8 Å². The van der Waals surface area contributed by atoms with Gasteiger partial charge in [0.1, 0.15) is 5.75 Å². The van der Waals surface area contributed by atoms with E-state index in [9.17, 15) is 9.90 Å². The van der Waals surface area contributed by atoms with E-state index in [0.717, 1.165) is 68.1 Å². The van der Waals surface area contributed by atoms with E-state index >= 15 is 0 Å². The Morgan fingerprint density at radius 2 is 1.93 bits per heavy atom. The molecule has 6 nitrogen and oxygen atoms in total. The lowest BCUT2D eigenvalue weighted by atomic mass is 9.92. The summed E-state index contributed by atoms with van der Waals surface area (Å²) in [6.07, 6.45) is 8.96. The molecule has 28 heavy (non-hydrogen) atoms. The molecule has 0 unspecified atom stereocenters. The summed E-state index contributed by atoms with van der Waals surface area (Å²) < 4.78 is 6.28. The first-order valence-corrected chi connectivity index (χ1v) is 10.4. The summed E-state index contributed by atoms with van der Waals surface area (Å²) in [5, 5.41) is 14.9. The van der Waals surface area contributed by atoms with Crippen LogP contribution in [0.3, 0.4) is 0 Å². The molecule has 150 valence electrons. The van der Waals surface area contributed by atoms with Gasteiger partial charge in [0, 0.05) is 42.3 Å². The SMILES string of the molecule is O=C(CN1CCC(O)CC1)NC1CCC(Oc2cccc3cnccc23)CC1. The van der Waals surface area contributed by atoms with Gasteiger partial charge in [-0.2, -0.15) is 0 Å². The number of hydrogen-bond donors (Lipinski definition) is 2. The van der Waals surface area contributed by atoms with Crippen LogP contribution in [0.1, 0.15) is 38.5 Å². The second kappa shape index (κ2) is 8.88. The molecular weight excluding hydrogens is 354 g/mol. The van der Waals surface area contributed by atoms with Crippen LogP contribution >= 0.6 is 0 Å². The molecule has 2 aromatic rings. The van der Waals surface area contributed by atoms with Crippen molar-refractivity contribution < 1.29 is 14.6 Å². The minimum atomic E-state index is -0.201. The molecule has 4 rings (SSSR count). The summed E-state index contributed by atoms with van der Waals surface area (Å²) in [6, 6.07) is 8.30. The molecule has 2 heterocycles. The highest BCUT2D eigenvalue weighted by molar-refractivity contribution is 5.87. The fourth-order valence-corrected chi connectivity index (χ4v) is 4.25. The van der Waals surface area contributed by atoms with Crippen LogP contribution in [0.2, 0.25) is 0 Å². The number of benzene rings is 1. The van der Waals surface area contributed by atoms with Crippen molar-refractivity contribution in [2.24, 2.45) is 0 Å². The zero-order valence-corrected chi connectivity index (χ0v) is 16.2. The second-order valence-corrected chi connectivity index (χ2v) is 8.02. The number of hydrogen-bond acceptors (Lipinski definition) is 5. The van der Waals surface area contributed by atoms with Gasteiger partial charge in [-0.3, -0.25) is 14.7 Å². The highest BCUT2D eigenvalue weighted by Crippen LogP contribution is 2.29. The molecule has 1 saturated carbocycles. The minimum Gasteiger partial charge on any atom is -0.490 e. The number of rotatable bonds is 5. The maximum atomic E-state index is 12.3. The van der Waals surface area contributed by atoms with Crippen molar-refractivity contribution in [1.82, 2.24) is 15.2 Å². The zero-order chi connectivity index (χ0) is 19.3. The van der Waals surface area contributed by atoms with Gasteiger partial charge in [-0.05, 0) is 50.7 Å². The van der Waals surface area contributed by atoms with Gasteiger partial charge in [-0.15, -0.1) is 0 Å². The average Bonchev–Trinajstić information content (AvgIpc) is 2.71. The highest BCUT2D eigenvalue weighted by Gasteiger charge is 2.25. The Kier molecular flexibility index (Phi) is 6.07. The normalized spacial score (nSPS) is 24.2. The minimum absolute atomic E-state index is 0.0994. The summed E-state index contributed by atoms with van der Waals surface area (Å²) in [4.78, 5) is 18.6. The maximum absolute atomic E-state index is 12.3. The number of nitrogens with one attached hydrogen (secondary N) is 1. The third-order valence-corrected chi connectivity index (χ3v) is 5.90. The molecule has 6 heteroatoms. The fraction of sp³-hybridized carbons (Fsp3) is 0.545. The summed E-state index contributed by atoms with van der Waals surface area (Å²) in [5.74, 6) is 1.02. The standard InChI is InChI=1S/C22H29N3O3/c26-18-9-12-25(13-10-18)15-22(27)24-17-4-6-19(7-5-17)28-21-3-1-2-16-14-23-11-8-20(16)21/h1-3,8,11,14,17-19,26H,4-7,9-10,12-13,15H2,(H,24,27). The molecule has 2 aliphatic rings. The van der Waals surface area contributed by atoms with Crippen molar-refractivity contribution in [1.29, 1.82) is 0 Å². The number of carbonyl (C=O) groups is 1. The average molecular weight is 383 g/mol. The maximum Gasteiger partial charge on any atom is 0.234 e. The number of ether oxygens (including phenoxy) is 1. The van der Waals surface area contributed by atoms with Crippen molar-refractivity contribution >= 4 is 16.7 Å². The van der Waals surface area contributed by atoms with Gasteiger partial charge in [0.25, 0.3) is 0 Å². The van der Waals surface area contributed by atoms with E-state index in [1.807, 2.05) is 30.5 Å². The van der Waals surface area contributed by atoms with Gasteiger partial charge >= 0.3 is 0 Å². The molecule has 1 amide bonds. The van der Waals surface area contributed by atoms with E-state index in [0.29, 0.717) is 6.54 Å². The van der Waals surface area contributed by atoms with Gasteiger partial charge in [-0.25, -0.2) is 0 Å². The third kappa shape index (κ3) is 4.80. The van der Waals surface area contributed by atoms with Crippen molar-refractivity contribution in [3.05, 3.63) is 36.7 Å². The lowest BCUT2D eigenvalue weighted by Gasteiger charge is -2.32. The molecule has 1 aromatic heterocycles. The smallest absolute Gasteiger partial charge is 0.234 e. The number of nitrogens with zero attached hydrogens (tertiary/aromatic N) is 2. The second-order valence-electron chi connectivity index (χ2n) is 8.02. The predicted molar refractivity (Wildman–Crippen MR) is 108 cm³/mol. The van der Waals surface area contributed by atoms with E-state index in [-0.39, 0.29) is 24.2 Å². The highest BCUT2D eigenvalue weighted by atomic mass is 16.5. The van der Waals surface area contributed by atoms with Crippen LogP contribution in [-0.4, -0.2) is 58.8 Å². The zero-order valence-electron chi connectivity index (χ0n) is 16.2. The van der Waals surface area contributed by atoms with Crippen LogP contribution < -0.4 is 10.1 Å². The quantitative estimate of drug-likeness (QED) is 0.830. The van der Waals surface area contributed by atoms with Crippen LogP contribution in [0.25, 0.3) is 10.8 Å². The molecule has 0 bridgehead atoms. The van der Waals surface area contributed by atoms with E-state index in [1.54, 1.807) is 6.20 Å². The molecule has 1 aliphatic carbocycles. The van der Waals surface area contributed by atoms with E-state index in [4.69, 9.17) is 4.74 Å². The largest absolute Gasteiger partial charge is 0.490 e. The first kappa shape index (κ1) is 19.2. The van der Waals surface area contributed by atoms with Crippen LogP contribution in [0.5, 0.6) is 5.75 Å². The number of amides is 1. The van der Waals surface area contributed by atoms with Gasteiger partial charge < -0.3 is 15.2 Å². The number of pyridine rings is 1. The topological polar surface area (TPSA) is 74.7 Å². The Balaban J connectivity index is 1.24. The Bertz CT molecular complexity index is 791. The van der Waals surface area contributed by atoms with Crippen molar-refractivity contribution in [3.63, 3.8) is 0 Å². The summed E-state index contributed by atoms with van der Waals surface area (Å²) in [5.41, 5.74) is 0. The van der Waals surface area contributed by atoms with E-state index < -0.39 is 0 Å². The summed E-state index contributed by atoms with van der Waals surface area (Å²) in [7, 11) is 0. The number of piperidine rings is 1. The molecule has 2 fully saturated rings. The number of aromatic nitrogens is 1. The molecule has 1 saturated heterocycles. The Hall–Kier alpha value is -2.18. The first-order chi connectivity index (χ1) is 13.7. The number of likely N-dealkylation sites (tertiary alicyclic amines) is 1. The molecule has 0 atom stereocenters. The Morgan fingerprint density at radius 1 is 1.14 bits per heavy atom. The molecule has 0 radical (unpaired) electrons. The lowest BCUT2D eigenvalue weighted by Crippen LogP contribution is -2.46. The molecular formula is C22H29N3O3. The fourth-order valence-electron chi connectivity index (χ4n) is 4.25. The van der Waals surface area contributed by atoms with Gasteiger partial charge in [0.05, 0.1) is 18.8 Å². The number of fused-ring (bicyclic) bond motifs is 1.